The summed E-state index contributed by atoms with van der Waals surface area (Å²) in [6.07, 6.45) is 0. The Labute approximate surface area is 308 Å². The van der Waals surface area contributed by atoms with Crippen molar-refractivity contribution in [2.45, 2.75) is 139 Å². The zero-order valence-corrected chi connectivity index (χ0v) is 41.4. The van der Waals surface area contributed by atoms with Gasteiger partial charge in [-0.2, -0.15) is 0 Å². The maximum absolute atomic E-state index is 19.1. The molecule has 269 valence electrons. The Morgan fingerprint density at radius 3 is 1.10 bits per heavy atom. The van der Waals surface area contributed by atoms with Crippen LogP contribution in [0.3, 0.4) is 0 Å². The van der Waals surface area contributed by atoms with E-state index in [4.69, 9.17) is 4.74 Å². The highest BCUT2D eigenvalue weighted by Crippen LogP contribution is 2.49. The predicted molar refractivity (Wildman–Crippen MR) is 236 cm³/mol. The van der Waals surface area contributed by atoms with E-state index in [1.54, 1.807) is 5.56 Å². The van der Waals surface area contributed by atoms with E-state index in [1.165, 1.54) is 16.3 Å². The quantitative estimate of drug-likeness (QED) is 0.139. The van der Waals surface area contributed by atoms with Gasteiger partial charge >= 0.3 is 9.13 Å². The molecule has 1 radical (unpaired) electrons. The Hall–Kier alpha value is -1.09. The van der Waals surface area contributed by atoms with Gasteiger partial charge in [0.25, 0.3) is 0 Å². The minimum atomic E-state index is -2.66. The normalized spacial score (nSPS) is 15.2. The molecule has 0 saturated carbocycles. The van der Waals surface area contributed by atoms with E-state index in [9.17, 15) is 0 Å². The van der Waals surface area contributed by atoms with Crippen LogP contribution >= 0.6 is 0 Å². The van der Waals surface area contributed by atoms with Crippen LogP contribution < -0.4 is 9.92 Å². The van der Waals surface area contributed by atoms with Crippen molar-refractivity contribution < 1.29 is 8.84 Å². The van der Waals surface area contributed by atoms with Gasteiger partial charge in [0.1, 0.15) is 11.5 Å². The number of ether oxygens (including phenoxy) is 1. The third-order valence-electron chi connectivity index (χ3n) is 10.5. The fourth-order valence-corrected chi connectivity index (χ4v) is 51.7. The van der Waals surface area contributed by atoms with E-state index in [2.05, 4.69) is 154 Å². The molecule has 3 aromatic rings. The summed E-state index contributed by atoms with van der Waals surface area (Å²) >= 11 is 0. The lowest BCUT2D eigenvalue weighted by Gasteiger charge is -2.46. The monoisotopic (exact) mass is 779 g/mol. The van der Waals surface area contributed by atoms with Crippen LogP contribution in [0.2, 0.25) is 118 Å². The average Bonchev–Trinajstić information content (AvgIpc) is 2.86. The maximum atomic E-state index is 19.1. The van der Waals surface area contributed by atoms with Gasteiger partial charge in [0.05, 0.1) is 0 Å². The molecular weight excluding hydrogens is 712 g/mol. The van der Waals surface area contributed by atoms with E-state index >= 15 is 4.11 Å². The van der Waals surface area contributed by atoms with Crippen molar-refractivity contribution in [3.05, 3.63) is 88.5 Å². The van der Waals surface area contributed by atoms with Crippen molar-refractivity contribution in [3.63, 3.8) is 0 Å². The highest BCUT2D eigenvalue weighted by Gasteiger charge is 2.50. The standard InChI is InChI=1S/C40H68FOSi7/c1-44(2,3)38(45(4,5)6)29-27-32(39(46(7,8)9)47(10,11)12)37(33(28-29)40(48(13,14)15)49(16,17)18)43(41)36-30-23-19-21-25-34(30)42-35-26-22-20-24-31(35)36/h19-28,36,38-40H,1-18H3. The summed E-state index contributed by atoms with van der Waals surface area (Å²) < 4.78 is 25.6. The lowest BCUT2D eigenvalue weighted by atomic mass is 10.00. The number of halogens is 1. The summed E-state index contributed by atoms with van der Waals surface area (Å²) in [5, 5.41) is 2.70. The lowest BCUT2D eigenvalue weighted by molar-refractivity contribution is 0.455. The van der Waals surface area contributed by atoms with Crippen molar-refractivity contribution in [2.75, 3.05) is 0 Å². The van der Waals surface area contributed by atoms with Crippen LogP contribution in [0.15, 0.2) is 60.7 Å². The van der Waals surface area contributed by atoms with Crippen LogP contribution in [0.4, 0.5) is 4.11 Å². The molecule has 0 spiro atoms. The average molecular weight is 781 g/mol. The highest BCUT2D eigenvalue weighted by atomic mass is 28.4. The van der Waals surface area contributed by atoms with Crippen LogP contribution in [-0.2, 0) is 0 Å². The first-order valence-electron chi connectivity index (χ1n) is 18.6. The smallest absolute Gasteiger partial charge is 0.318 e. The summed E-state index contributed by atoms with van der Waals surface area (Å²) in [4.78, 5) is 0. The Morgan fingerprint density at radius 2 is 0.796 bits per heavy atom. The number of para-hydroxylation sites is 2. The van der Waals surface area contributed by atoms with Crippen LogP contribution in [-0.4, -0.2) is 57.6 Å². The number of fused-ring (bicyclic) bond motifs is 2. The van der Waals surface area contributed by atoms with Gasteiger partial charge in [0, 0.05) is 65.1 Å². The Kier molecular flexibility index (Phi) is 11.4. The first kappa shape index (κ1) is 40.7. The second-order valence-corrected chi connectivity index (χ2v) is 56.9. The fraction of sp³-hybridized carbons (Fsp3) is 0.550. The number of benzene rings is 3. The second kappa shape index (κ2) is 13.7. The number of hydrogen-bond acceptors (Lipinski definition) is 1. The van der Waals surface area contributed by atoms with Crippen molar-refractivity contribution >= 4 is 62.8 Å². The molecule has 3 aromatic carbocycles. The number of rotatable bonds is 11. The SMILES string of the molecule is C[Si](C)(C)C(c1cc(C([Si](C)(C)C)[Si](C)(C)C)c([Si](F)C2c3ccccc3Oc3ccccc32)c(C([Si](C)(C)C)[Si](C)(C)C)c1)[Si](C)(C)C. The molecule has 0 amide bonds. The molecule has 0 unspecified atom stereocenters. The molecule has 0 saturated heterocycles. The molecular formula is C40H68FOSi7. The van der Waals surface area contributed by atoms with E-state index in [0.29, 0.717) is 15.5 Å². The van der Waals surface area contributed by atoms with E-state index in [0.717, 1.165) is 22.6 Å². The Bertz CT molecular complexity index is 1500. The summed E-state index contributed by atoms with van der Waals surface area (Å²) in [6.45, 7) is 46.4. The lowest BCUT2D eigenvalue weighted by Crippen LogP contribution is -2.55. The van der Waals surface area contributed by atoms with Gasteiger partial charge in [0.2, 0.25) is 0 Å². The molecule has 9 heteroatoms. The summed E-state index contributed by atoms with van der Waals surface area (Å²) in [5.41, 5.74) is 6.18. The second-order valence-electron chi connectivity index (χ2n) is 21.5. The molecule has 1 nitrogen and oxygen atoms in total. The summed E-state index contributed by atoms with van der Waals surface area (Å²) in [5.74, 6) is 1.64. The molecule has 1 aliphatic heterocycles. The molecule has 1 heterocycles. The van der Waals surface area contributed by atoms with Gasteiger partial charge in [0.15, 0.2) is 0 Å². The predicted octanol–water partition coefficient (Wildman–Crippen LogP) is 12.8. The van der Waals surface area contributed by atoms with Crippen LogP contribution in [0.25, 0.3) is 0 Å². The van der Waals surface area contributed by atoms with Gasteiger partial charge in [-0.05, 0) is 49.5 Å². The minimum absolute atomic E-state index is 0.313. The van der Waals surface area contributed by atoms with Gasteiger partial charge in [-0.1, -0.05) is 166 Å². The maximum Gasteiger partial charge on any atom is 0.318 e. The molecule has 49 heavy (non-hydrogen) atoms. The third kappa shape index (κ3) is 8.60. The van der Waals surface area contributed by atoms with E-state index < -0.39 is 57.6 Å². The molecule has 1 aliphatic rings. The van der Waals surface area contributed by atoms with E-state index in [-0.39, 0.29) is 5.54 Å². The molecule has 0 N–H and O–H groups in total. The molecule has 0 atom stereocenters. The molecule has 0 aliphatic carbocycles. The van der Waals surface area contributed by atoms with Gasteiger partial charge in [-0.3, -0.25) is 0 Å². The van der Waals surface area contributed by atoms with Crippen molar-refractivity contribution in [1.29, 1.82) is 0 Å². The summed E-state index contributed by atoms with van der Waals surface area (Å²) in [7, 11) is -13.1. The topological polar surface area (TPSA) is 9.23 Å². The van der Waals surface area contributed by atoms with Gasteiger partial charge < -0.3 is 8.84 Å². The first-order chi connectivity index (χ1) is 22.1. The van der Waals surface area contributed by atoms with Crippen molar-refractivity contribution in [2.24, 2.45) is 0 Å². The van der Waals surface area contributed by atoms with Gasteiger partial charge in [-0.15, -0.1) is 0 Å². The van der Waals surface area contributed by atoms with Crippen LogP contribution in [0.5, 0.6) is 11.5 Å². The largest absolute Gasteiger partial charge is 0.457 e. The highest BCUT2D eigenvalue weighted by molar-refractivity contribution is 6.98. The van der Waals surface area contributed by atoms with Crippen molar-refractivity contribution in [3.8, 4) is 11.5 Å². The van der Waals surface area contributed by atoms with Crippen LogP contribution in [0, 0.1) is 0 Å². The van der Waals surface area contributed by atoms with Crippen LogP contribution in [0.1, 0.15) is 48.9 Å². The first-order valence-corrected chi connectivity index (χ1v) is 41.5. The molecule has 0 fully saturated rings. The zero-order chi connectivity index (χ0) is 37.3. The zero-order valence-electron chi connectivity index (χ0n) is 34.4. The molecule has 4 rings (SSSR count). The van der Waals surface area contributed by atoms with Crippen molar-refractivity contribution in [1.82, 2.24) is 0 Å². The minimum Gasteiger partial charge on any atom is -0.457 e. The molecule has 0 bridgehead atoms. The van der Waals surface area contributed by atoms with Gasteiger partial charge in [-0.25, -0.2) is 0 Å². The number of hydrogen-bond donors (Lipinski definition) is 0. The summed E-state index contributed by atoms with van der Waals surface area (Å²) in [6, 6.07) is 21.9. The Morgan fingerprint density at radius 1 is 0.490 bits per heavy atom. The fourth-order valence-electron chi connectivity index (χ4n) is 10.7. The Balaban J connectivity index is 2.29. The molecule has 0 aromatic heterocycles. The van der Waals surface area contributed by atoms with E-state index in [1.807, 2.05) is 24.3 Å². The third-order valence-corrected chi connectivity index (χ3v) is 40.6.